The molecule has 1 N–H and O–H groups in total. The first-order valence-electron chi connectivity index (χ1n) is 15.2. The van der Waals surface area contributed by atoms with Crippen LogP contribution in [0.3, 0.4) is 0 Å². The molecule has 2 saturated heterocycles. The van der Waals surface area contributed by atoms with Crippen LogP contribution in [0.4, 0.5) is 4.39 Å². The number of rotatable bonds is 8. The number of pyridine rings is 1. The van der Waals surface area contributed by atoms with E-state index < -0.39 is 5.82 Å². The lowest BCUT2D eigenvalue weighted by Crippen LogP contribution is -2.38. The molecule has 2 aromatic heterocycles. The molecular weight excluding hydrogens is 553 g/mol. The van der Waals surface area contributed by atoms with Crippen LogP contribution < -0.4 is 10.1 Å². The van der Waals surface area contributed by atoms with E-state index in [1.807, 2.05) is 29.8 Å². The van der Waals surface area contributed by atoms with Gasteiger partial charge in [-0.15, -0.1) is 0 Å². The zero-order valence-electron chi connectivity index (χ0n) is 25.2. The normalized spacial score (nSPS) is 20.7. The maximum absolute atomic E-state index is 16.9. The summed E-state index contributed by atoms with van der Waals surface area (Å²) in [5, 5.41) is 29.1. The monoisotopic (exact) mass is 589 g/mol. The van der Waals surface area contributed by atoms with Gasteiger partial charge in [-0.25, -0.2) is 9.37 Å². The minimum Gasteiger partial charge on any atom is -0.475 e. The summed E-state index contributed by atoms with van der Waals surface area (Å²) in [7, 11) is 2.09. The summed E-state index contributed by atoms with van der Waals surface area (Å²) >= 11 is 0. The smallest absolute Gasteiger partial charge is 0.225 e. The third-order valence-corrected chi connectivity index (χ3v) is 9.06. The number of fused-ring (bicyclic) bond motifs is 3. The van der Waals surface area contributed by atoms with Gasteiger partial charge in [0.2, 0.25) is 5.88 Å². The van der Waals surface area contributed by atoms with Crippen LogP contribution in [0, 0.1) is 35.4 Å². The number of likely N-dealkylation sites (N-methyl/N-ethyl adjacent to an activating group) is 1. The van der Waals surface area contributed by atoms with Gasteiger partial charge in [-0.3, -0.25) is 4.68 Å². The number of aryl methyl sites for hydroxylation is 1. The second-order valence-electron chi connectivity index (χ2n) is 11.8. The molecule has 44 heavy (non-hydrogen) atoms. The van der Waals surface area contributed by atoms with Gasteiger partial charge in [-0.1, -0.05) is 43.0 Å². The van der Waals surface area contributed by atoms with E-state index in [2.05, 4.69) is 36.0 Å². The Balaban J connectivity index is 1.55. The number of nitriles is 2. The highest BCUT2D eigenvalue weighted by Gasteiger charge is 2.29. The molecule has 3 atom stereocenters. The number of halogens is 1. The van der Waals surface area contributed by atoms with E-state index in [9.17, 15) is 10.5 Å². The molecule has 0 spiro atoms. The topological polar surface area (TPSA) is 103 Å². The molecule has 8 nitrogen and oxygen atoms in total. The highest BCUT2D eigenvalue weighted by atomic mass is 19.1. The maximum atomic E-state index is 16.9. The van der Waals surface area contributed by atoms with Crippen molar-refractivity contribution in [3.8, 4) is 29.1 Å². The molecule has 2 aliphatic heterocycles. The van der Waals surface area contributed by atoms with Gasteiger partial charge < -0.3 is 15.0 Å². The SMILES string of the molecule is C=C/C=C\c1cccc(-c2c(C)cc3c(nc(OC[C@@H]4CCCN4C)c4cnn([C@H]5CCN[C@H](CC#N)C5)c43)c2F)c1C#N. The van der Waals surface area contributed by atoms with Crippen LogP contribution in [0.15, 0.2) is 49.2 Å². The van der Waals surface area contributed by atoms with Crippen molar-refractivity contribution in [2.24, 2.45) is 0 Å². The van der Waals surface area contributed by atoms with E-state index in [0.717, 1.165) is 49.7 Å². The Morgan fingerprint density at radius 2 is 2.11 bits per heavy atom. The first-order valence-corrected chi connectivity index (χ1v) is 15.2. The molecule has 2 aromatic carbocycles. The first kappa shape index (κ1) is 29.5. The predicted octanol–water partition coefficient (Wildman–Crippen LogP) is 6.45. The van der Waals surface area contributed by atoms with Crippen molar-refractivity contribution >= 4 is 27.9 Å². The van der Waals surface area contributed by atoms with Gasteiger partial charge in [-0.2, -0.15) is 15.6 Å². The fraction of sp³-hybridized carbons (Fsp3) is 0.371. The van der Waals surface area contributed by atoms with Gasteiger partial charge in [0.1, 0.15) is 18.2 Å². The van der Waals surface area contributed by atoms with Crippen LogP contribution in [0.2, 0.25) is 0 Å². The zero-order chi connectivity index (χ0) is 30.8. The summed E-state index contributed by atoms with van der Waals surface area (Å²) in [6.45, 7) is 7.83. The highest BCUT2D eigenvalue weighted by molar-refractivity contribution is 6.07. The molecule has 0 aliphatic carbocycles. The molecule has 4 aromatic rings. The maximum Gasteiger partial charge on any atom is 0.225 e. The average molecular weight is 590 g/mol. The van der Waals surface area contributed by atoms with Crippen molar-refractivity contribution in [1.82, 2.24) is 25.0 Å². The summed E-state index contributed by atoms with van der Waals surface area (Å²) in [5.74, 6) is -0.134. The van der Waals surface area contributed by atoms with E-state index >= 15 is 4.39 Å². The largest absolute Gasteiger partial charge is 0.475 e. The number of hydrogen-bond donors (Lipinski definition) is 1. The average Bonchev–Trinajstić information content (AvgIpc) is 3.66. The number of likely N-dealkylation sites (tertiary alicyclic amines) is 1. The fourth-order valence-electron chi connectivity index (χ4n) is 6.77. The molecule has 0 amide bonds. The van der Waals surface area contributed by atoms with Gasteiger partial charge in [0, 0.05) is 28.6 Å². The van der Waals surface area contributed by atoms with E-state index in [0.29, 0.717) is 52.1 Å². The van der Waals surface area contributed by atoms with Crippen LogP contribution in [0.1, 0.15) is 54.8 Å². The summed E-state index contributed by atoms with van der Waals surface area (Å²) < 4.78 is 25.3. The van der Waals surface area contributed by atoms with E-state index in [1.165, 1.54) is 0 Å². The van der Waals surface area contributed by atoms with Gasteiger partial charge in [0.15, 0.2) is 5.82 Å². The third kappa shape index (κ3) is 5.34. The van der Waals surface area contributed by atoms with Gasteiger partial charge in [-0.05, 0) is 69.9 Å². The molecule has 6 rings (SSSR count). The Morgan fingerprint density at radius 3 is 2.86 bits per heavy atom. The third-order valence-electron chi connectivity index (χ3n) is 9.06. The molecule has 0 radical (unpaired) electrons. The number of ether oxygens (including phenoxy) is 1. The zero-order valence-corrected chi connectivity index (χ0v) is 25.2. The molecule has 9 heteroatoms. The number of piperidine rings is 1. The summed E-state index contributed by atoms with van der Waals surface area (Å²) in [5.41, 5.74) is 3.60. The Labute approximate surface area is 257 Å². The van der Waals surface area contributed by atoms with Gasteiger partial charge in [0.25, 0.3) is 0 Å². The number of nitrogens with zero attached hydrogens (tertiary/aromatic N) is 6. The standard InChI is InChI=1S/C35H36FN7O/c1-4-5-8-23-9-6-11-27(29(23)19-38)31-22(2)17-28-33(32(31)36)41-35(44-21-26-10-7-16-42(26)3)30-20-40-43(34(28)30)25-13-15-39-24(18-25)12-14-37/h4-6,8-9,11,17,20,24-26,39H,1,7,10,12-13,15-16,18,21H2,2-3H3/b8-5-/t24-,25+,26+/m1/s1. The van der Waals surface area contributed by atoms with Crippen LogP contribution in [0.25, 0.3) is 39.0 Å². The molecule has 0 unspecified atom stereocenters. The van der Waals surface area contributed by atoms with Crippen molar-refractivity contribution in [2.45, 2.75) is 57.2 Å². The van der Waals surface area contributed by atoms with Crippen molar-refractivity contribution < 1.29 is 9.13 Å². The van der Waals surface area contributed by atoms with E-state index in [1.54, 1.807) is 30.5 Å². The number of nitrogens with one attached hydrogen (secondary N) is 1. The minimum atomic E-state index is -0.494. The Bertz CT molecular complexity index is 1850. The second-order valence-corrected chi connectivity index (χ2v) is 11.8. The van der Waals surface area contributed by atoms with Crippen molar-refractivity contribution in [3.05, 3.63) is 71.7 Å². The van der Waals surface area contributed by atoms with Crippen LogP contribution in [0.5, 0.6) is 5.88 Å². The lowest BCUT2D eigenvalue weighted by molar-refractivity contribution is 0.195. The first-order chi connectivity index (χ1) is 21.4. The summed E-state index contributed by atoms with van der Waals surface area (Å²) in [4.78, 5) is 7.09. The quantitative estimate of drug-likeness (QED) is 0.236. The van der Waals surface area contributed by atoms with Crippen molar-refractivity contribution in [1.29, 1.82) is 10.5 Å². The lowest BCUT2D eigenvalue weighted by atomic mass is 9.91. The van der Waals surface area contributed by atoms with Crippen molar-refractivity contribution in [3.63, 3.8) is 0 Å². The Hall–Kier alpha value is -4.57. The molecule has 0 saturated carbocycles. The van der Waals surface area contributed by atoms with E-state index in [4.69, 9.17) is 14.8 Å². The van der Waals surface area contributed by atoms with E-state index in [-0.39, 0.29) is 23.6 Å². The Kier molecular flexibility index (Phi) is 8.43. The molecule has 224 valence electrons. The predicted molar refractivity (Wildman–Crippen MR) is 171 cm³/mol. The summed E-state index contributed by atoms with van der Waals surface area (Å²) in [6.07, 6.45) is 11.1. The number of benzene rings is 2. The molecule has 2 fully saturated rings. The molecular formula is C35H36FN7O. The lowest BCUT2D eigenvalue weighted by Gasteiger charge is -2.30. The number of allylic oxidation sites excluding steroid dienone is 2. The molecule has 0 bridgehead atoms. The van der Waals surface area contributed by atoms with Crippen LogP contribution >= 0.6 is 0 Å². The van der Waals surface area contributed by atoms with Crippen molar-refractivity contribution in [2.75, 3.05) is 26.7 Å². The summed E-state index contributed by atoms with van der Waals surface area (Å²) in [6, 6.07) is 12.3. The Morgan fingerprint density at radius 1 is 1.25 bits per heavy atom. The number of hydrogen-bond acceptors (Lipinski definition) is 7. The highest BCUT2D eigenvalue weighted by Crippen LogP contribution is 2.41. The van der Waals surface area contributed by atoms with Gasteiger partial charge >= 0.3 is 0 Å². The number of aromatic nitrogens is 3. The minimum absolute atomic E-state index is 0.0353. The second kappa shape index (κ2) is 12.6. The van der Waals surface area contributed by atoms with Crippen LogP contribution in [-0.4, -0.2) is 58.5 Å². The molecule has 2 aliphatic rings. The molecule has 4 heterocycles. The van der Waals surface area contributed by atoms with Gasteiger partial charge in [0.05, 0.1) is 41.2 Å². The fourth-order valence-corrected chi connectivity index (χ4v) is 6.77. The van der Waals surface area contributed by atoms with Crippen LogP contribution in [-0.2, 0) is 0 Å².